The maximum Gasteiger partial charge on any atom is 0.340 e. The molecule has 0 spiro atoms. The lowest BCUT2D eigenvalue weighted by Gasteiger charge is -2.10. The van der Waals surface area contributed by atoms with Gasteiger partial charge < -0.3 is 10.1 Å². The number of hydrogen-bond acceptors (Lipinski definition) is 4. The molecule has 1 aromatic carbocycles. The topological polar surface area (TPSA) is 38.3 Å². The summed E-state index contributed by atoms with van der Waals surface area (Å²) in [4.78, 5) is 11.5. The number of benzene rings is 1. The zero-order valence-electron chi connectivity index (χ0n) is 9.99. The minimum atomic E-state index is -0.359. The van der Waals surface area contributed by atoms with Crippen LogP contribution >= 0.6 is 22.9 Å². The first-order chi connectivity index (χ1) is 8.63. The van der Waals surface area contributed by atoms with Crippen LogP contribution < -0.4 is 5.32 Å². The van der Waals surface area contributed by atoms with Crippen molar-refractivity contribution in [2.75, 3.05) is 12.4 Å². The Hall–Kier alpha value is -1.52. The Balaban J connectivity index is 2.32. The summed E-state index contributed by atoms with van der Waals surface area (Å²) in [6.07, 6.45) is 0. The Kier molecular flexibility index (Phi) is 3.89. The fourth-order valence-corrected chi connectivity index (χ4v) is 2.47. The molecule has 0 aliphatic rings. The molecule has 5 heteroatoms. The van der Waals surface area contributed by atoms with Crippen molar-refractivity contribution in [2.24, 2.45) is 0 Å². The maximum atomic E-state index is 11.5. The number of hydrogen-bond donors (Lipinski definition) is 1. The molecule has 18 heavy (non-hydrogen) atoms. The molecule has 1 N–H and O–H groups in total. The summed E-state index contributed by atoms with van der Waals surface area (Å²) in [5.41, 5.74) is 2.98. The van der Waals surface area contributed by atoms with E-state index in [1.165, 1.54) is 18.4 Å². The average molecular weight is 282 g/mol. The van der Waals surface area contributed by atoms with Crippen molar-refractivity contribution in [3.8, 4) is 0 Å². The van der Waals surface area contributed by atoms with Crippen LogP contribution in [0.1, 0.15) is 15.9 Å². The first-order valence-corrected chi connectivity index (χ1v) is 6.62. The number of nitrogens with one attached hydrogen (secondary N) is 1. The smallest absolute Gasteiger partial charge is 0.340 e. The number of rotatable bonds is 3. The number of halogens is 1. The van der Waals surface area contributed by atoms with Gasteiger partial charge in [0.1, 0.15) is 0 Å². The molecule has 0 saturated carbocycles. The van der Waals surface area contributed by atoms with Crippen LogP contribution in [-0.4, -0.2) is 13.1 Å². The number of anilines is 2. The van der Waals surface area contributed by atoms with E-state index in [9.17, 15) is 4.79 Å². The van der Waals surface area contributed by atoms with Gasteiger partial charge in [0.05, 0.1) is 29.1 Å². The number of methoxy groups -OCH3 is 1. The number of thiophene rings is 1. The van der Waals surface area contributed by atoms with Crippen molar-refractivity contribution in [1.29, 1.82) is 0 Å². The van der Waals surface area contributed by atoms with Gasteiger partial charge >= 0.3 is 5.97 Å². The summed E-state index contributed by atoms with van der Waals surface area (Å²) in [5, 5.41) is 7.41. The average Bonchev–Trinajstić information content (AvgIpc) is 2.82. The second-order valence-corrected chi connectivity index (χ2v) is 4.87. The summed E-state index contributed by atoms with van der Waals surface area (Å²) in [7, 11) is 1.36. The highest BCUT2D eigenvalue weighted by atomic mass is 35.5. The van der Waals surface area contributed by atoms with Gasteiger partial charge in [-0.25, -0.2) is 4.79 Å². The van der Waals surface area contributed by atoms with Gasteiger partial charge in [0, 0.05) is 10.8 Å². The zero-order chi connectivity index (χ0) is 13.1. The van der Waals surface area contributed by atoms with E-state index in [0.29, 0.717) is 16.3 Å². The number of aryl methyl sites for hydroxylation is 1. The molecule has 0 amide bonds. The third-order valence-corrected chi connectivity index (χ3v) is 3.77. The Bertz CT molecular complexity index is 580. The van der Waals surface area contributed by atoms with E-state index in [4.69, 9.17) is 16.3 Å². The van der Waals surface area contributed by atoms with Crippen LogP contribution in [0.4, 0.5) is 11.4 Å². The quantitative estimate of drug-likeness (QED) is 0.855. The highest BCUT2D eigenvalue weighted by molar-refractivity contribution is 7.08. The first kappa shape index (κ1) is 12.9. The third kappa shape index (κ3) is 2.49. The summed E-state index contributed by atoms with van der Waals surface area (Å²) in [5.74, 6) is -0.359. The van der Waals surface area contributed by atoms with E-state index >= 15 is 0 Å². The van der Waals surface area contributed by atoms with E-state index in [1.54, 1.807) is 5.38 Å². The predicted molar refractivity (Wildman–Crippen MR) is 75.1 cm³/mol. The van der Waals surface area contributed by atoms with Crippen LogP contribution in [0.2, 0.25) is 5.02 Å². The van der Waals surface area contributed by atoms with E-state index in [1.807, 2.05) is 30.5 Å². The van der Waals surface area contributed by atoms with Crippen molar-refractivity contribution in [3.63, 3.8) is 0 Å². The van der Waals surface area contributed by atoms with E-state index in [0.717, 1.165) is 11.3 Å². The summed E-state index contributed by atoms with van der Waals surface area (Å²) < 4.78 is 4.72. The second-order valence-electron chi connectivity index (χ2n) is 3.75. The van der Waals surface area contributed by atoms with Gasteiger partial charge in [-0.2, -0.15) is 0 Å². The molecule has 94 valence electrons. The van der Waals surface area contributed by atoms with Gasteiger partial charge in [-0.1, -0.05) is 23.7 Å². The fraction of sp³-hybridized carbons (Fsp3) is 0.154. The number of carbonyl (C=O) groups is 1. The highest BCUT2D eigenvalue weighted by Crippen LogP contribution is 2.31. The molecular formula is C13H12ClNO2S. The van der Waals surface area contributed by atoms with Crippen LogP contribution in [0.5, 0.6) is 0 Å². The summed E-state index contributed by atoms with van der Waals surface area (Å²) in [6, 6.07) is 5.71. The Labute approximate surface area is 114 Å². The standard InChI is InChI=1S/C13H12ClNO2S/c1-8-4-3-5-10(12(8)14)15-11-7-18-6-9(11)13(16)17-2/h3-7,15H,1-2H3. The Morgan fingerprint density at radius 3 is 2.83 bits per heavy atom. The van der Waals surface area contributed by atoms with Crippen LogP contribution in [-0.2, 0) is 4.74 Å². The minimum Gasteiger partial charge on any atom is -0.465 e. The van der Waals surface area contributed by atoms with Crippen molar-refractivity contribution in [3.05, 3.63) is 45.1 Å². The van der Waals surface area contributed by atoms with Crippen LogP contribution in [0.25, 0.3) is 0 Å². The molecule has 0 saturated heterocycles. The molecule has 0 radical (unpaired) electrons. The Morgan fingerprint density at radius 2 is 2.11 bits per heavy atom. The molecule has 0 aliphatic heterocycles. The lowest BCUT2D eigenvalue weighted by atomic mass is 10.2. The lowest BCUT2D eigenvalue weighted by molar-refractivity contribution is 0.0602. The van der Waals surface area contributed by atoms with Crippen molar-refractivity contribution in [2.45, 2.75) is 6.92 Å². The van der Waals surface area contributed by atoms with Gasteiger partial charge in [0.2, 0.25) is 0 Å². The number of ether oxygens (including phenoxy) is 1. The van der Waals surface area contributed by atoms with E-state index in [2.05, 4.69) is 5.32 Å². The van der Waals surface area contributed by atoms with Crippen LogP contribution in [0.3, 0.4) is 0 Å². The molecule has 0 unspecified atom stereocenters. The predicted octanol–water partition coefficient (Wildman–Crippen LogP) is 4.24. The Morgan fingerprint density at radius 1 is 1.33 bits per heavy atom. The van der Waals surface area contributed by atoms with Crippen molar-refractivity contribution < 1.29 is 9.53 Å². The molecule has 3 nitrogen and oxygen atoms in total. The van der Waals surface area contributed by atoms with Crippen molar-refractivity contribution >= 4 is 40.3 Å². The minimum absolute atomic E-state index is 0.359. The fourth-order valence-electron chi connectivity index (χ4n) is 1.55. The normalized spacial score (nSPS) is 10.2. The molecule has 2 aromatic rings. The monoisotopic (exact) mass is 281 g/mol. The molecular weight excluding hydrogens is 270 g/mol. The SMILES string of the molecule is COC(=O)c1cscc1Nc1cccc(C)c1Cl. The van der Waals surface area contributed by atoms with Gasteiger partial charge in [0.25, 0.3) is 0 Å². The molecule has 0 atom stereocenters. The molecule has 0 fully saturated rings. The van der Waals surface area contributed by atoms with Gasteiger partial charge in [-0.3, -0.25) is 0 Å². The summed E-state index contributed by atoms with van der Waals surface area (Å²) in [6.45, 7) is 1.93. The maximum absolute atomic E-state index is 11.5. The van der Waals surface area contributed by atoms with E-state index < -0.39 is 0 Å². The summed E-state index contributed by atoms with van der Waals surface area (Å²) >= 11 is 7.63. The van der Waals surface area contributed by atoms with Crippen LogP contribution in [0, 0.1) is 6.92 Å². The van der Waals surface area contributed by atoms with Gasteiger partial charge in [-0.15, -0.1) is 11.3 Å². The third-order valence-electron chi connectivity index (χ3n) is 2.53. The number of esters is 1. The van der Waals surface area contributed by atoms with Gasteiger partial charge in [-0.05, 0) is 18.6 Å². The van der Waals surface area contributed by atoms with Crippen molar-refractivity contribution in [1.82, 2.24) is 0 Å². The first-order valence-electron chi connectivity index (χ1n) is 5.30. The molecule has 1 heterocycles. The van der Waals surface area contributed by atoms with Crippen LogP contribution in [0.15, 0.2) is 29.0 Å². The molecule has 0 aliphatic carbocycles. The largest absolute Gasteiger partial charge is 0.465 e. The van der Waals surface area contributed by atoms with Gasteiger partial charge in [0.15, 0.2) is 0 Å². The molecule has 2 rings (SSSR count). The second kappa shape index (κ2) is 5.42. The number of carbonyl (C=O) groups excluding carboxylic acids is 1. The lowest BCUT2D eigenvalue weighted by Crippen LogP contribution is -2.03. The highest BCUT2D eigenvalue weighted by Gasteiger charge is 2.14. The molecule has 1 aromatic heterocycles. The van der Waals surface area contributed by atoms with E-state index in [-0.39, 0.29) is 5.97 Å². The molecule has 0 bridgehead atoms. The zero-order valence-corrected chi connectivity index (χ0v) is 11.6.